The van der Waals surface area contributed by atoms with Crippen molar-refractivity contribution in [2.24, 2.45) is 13.0 Å². The molecular weight excluding hydrogens is 360 g/mol. The van der Waals surface area contributed by atoms with E-state index in [1.165, 1.54) is 23.9 Å². The number of carbonyl (C=O) groups is 1. The molecule has 146 valence electrons. The van der Waals surface area contributed by atoms with Gasteiger partial charge in [0.05, 0.1) is 0 Å². The Bertz CT molecular complexity index is 1040. The number of likely N-dealkylation sites (tertiary alicyclic amines) is 1. The van der Waals surface area contributed by atoms with Crippen LogP contribution in [0.5, 0.6) is 0 Å². The summed E-state index contributed by atoms with van der Waals surface area (Å²) in [4.78, 5) is 26.0. The van der Waals surface area contributed by atoms with Gasteiger partial charge in [0.2, 0.25) is 0 Å². The Morgan fingerprint density at radius 1 is 1.21 bits per heavy atom. The first-order valence-electron chi connectivity index (χ1n) is 9.35. The second kappa shape index (κ2) is 7.89. The van der Waals surface area contributed by atoms with E-state index in [-0.39, 0.29) is 17.2 Å². The number of carbonyl (C=O) groups excluding carboxylic acids is 1. The van der Waals surface area contributed by atoms with Gasteiger partial charge in [-0.3, -0.25) is 14.5 Å². The molecule has 0 unspecified atom stereocenters. The van der Waals surface area contributed by atoms with Gasteiger partial charge in [-0.05, 0) is 59.9 Å². The third-order valence-electron chi connectivity index (χ3n) is 5.22. The largest absolute Gasteiger partial charge is 0.350 e. The number of hydrogen-bond donors (Lipinski definition) is 1. The molecule has 1 aliphatic heterocycles. The van der Waals surface area contributed by atoms with Gasteiger partial charge in [0.1, 0.15) is 16.7 Å². The normalized spacial score (nSPS) is 15.8. The van der Waals surface area contributed by atoms with Crippen molar-refractivity contribution in [3.63, 3.8) is 0 Å². The van der Waals surface area contributed by atoms with Gasteiger partial charge in [-0.2, -0.15) is 5.10 Å². The van der Waals surface area contributed by atoms with Gasteiger partial charge in [0.15, 0.2) is 0 Å². The Morgan fingerprint density at radius 3 is 2.82 bits per heavy atom. The summed E-state index contributed by atoms with van der Waals surface area (Å²) in [5.41, 5.74) is 2.74. The number of amides is 1. The Kier molecular flexibility index (Phi) is 5.16. The van der Waals surface area contributed by atoms with Gasteiger partial charge in [-0.25, -0.2) is 9.31 Å². The molecular formula is C19H22N6O3. The molecule has 1 fully saturated rings. The SMILES string of the molecule is Cn1nc(C(=O)NCC2CCN(Cc3cccc4nonc34)CC2)ccc1=O. The highest BCUT2D eigenvalue weighted by atomic mass is 16.6. The van der Waals surface area contributed by atoms with E-state index in [0.717, 1.165) is 49.1 Å². The first kappa shape index (κ1) is 18.3. The van der Waals surface area contributed by atoms with Crippen LogP contribution < -0.4 is 10.9 Å². The van der Waals surface area contributed by atoms with Crippen LogP contribution in [0.3, 0.4) is 0 Å². The fourth-order valence-corrected chi connectivity index (χ4v) is 3.53. The van der Waals surface area contributed by atoms with E-state index >= 15 is 0 Å². The minimum Gasteiger partial charge on any atom is -0.350 e. The van der Waals surface area contributed by atoms with Crippen molar-refractivity contribution in [1.82, 2.24) is 30.3 Å². The lowest BCUT2D eigenvalue weighted by Crippen LogP contribution is -2.38. The minimum atomic E-state index is -0.247. The predicted molar refractivity (Wildman–Crippen MR) is 102 cm³/mol. The molecule has 1 aromatic carbocycles. The molecule has 1 amide bonds. The summed E-state index contributed by atoms with van der Waals surface area (Å²) < 4.78 is 6.00. The molecule has 0 aliphatic carbocycles. The molecule has 0 atom stereocenters. The number of nitrogens with zero attached hydrogens (tertiary/aromatic N) is 5. The molecule has 0 bridgehead atoms. The maximum Gasteiger partial charge on any atom is 0.271 e. The Morgan fingerprint density at radius 2 is 2.04 bits per heavy atom. The molecule has 0 radical (unpaired) electrons. The third-order valence-corrected chi connectivity index (χ3v) is 5.22. The highest BCUT2D eigenvalue weighted by molar-refractivity contribution is 5.91. The summed E-state index contributed by atoms with van der Waals surface area (Å²) in [5, 5.41) is 14.8. The molecule has 3 aromatic rings. The summed E-state index contributed by atoms with van der Waals surface area (Å²) in [5.74, 6) is 0.181. The molecule has 0 spiro atoms. The van der Waals surface area contributed by atoms with Gasteiger partial charge in [-0.1, -0.05) is 12.1 Å². The summed E-state index contributed by atoms with van der Waals surface area (Å²) in [7, 11) is 1.53. The fraction of sp³-hybridized carbons (Fsp3) is 0.421. The molecule has 1 aliphatic rings. The molecule has 9 heteroatoms. The van der Waals surface area contributed by atoms with Gasteiger partial charge in [0.25, 0.3) is 11.5 Å². The summed E-state index contributed by atoms with van der Waals surface area (Å²) in [6.07, 6.45) is 2.02. The van der Waals surface area contributed by atoms with Crippen molar-refractivity contribution < 1.29 is 9.42 Å². The molecule has 4 rings (SSSR count). The van der Waals surface area contributed by atoms with Gasteiger partial charge < -0.3 is 5.32 Å². The highest BCUT2D eigenvalue weighted by Crippen LogP contribution is 2.21. The van der Waals surface area contributed by atoms with E-state index in [2.05, 4.69) is 31.7 Å². The van der Waals surface area contributed by atoms with Crippen LogP contribution in [0, 0.1) is 5.92 Å². The van der Waals surface area contributed by atoms with Crippen LogP contribution in [0.1, 0.15) is 28.9 Å². The number of aryl methyl sites for hydroxylation is 1. The quantitative estimate of drug-likeness (QED) is 0.700. The molecule has 3 heterocycles. The van der Waals surface area contributed by atoms with E-state index in [0.29, 0.717) is 12.5 Å². The van der Waals surface area contributed by atoms with Crippen LogP contribution in [0.15, 0.2) is 39.8 Å². The van der Waals surface area contributed by atoms with Crippen molar-refractivity contribution in [3.8, 4) is 0 Å². The van der Waals surface area contributed by atoms with Crippen LogP contribution in [0.2, 0.25) is 0 Å². The fourth-order valence-electron chi connectivity index (χ4n) is 3.53. The lowest BCUT2D eigenvalue weighted by molar-refractivity contribution is 0.0928. The van der Waals surface area contributed by atoms with E-state index < -0.39 is 0 Å². The number of aromatic nitrogens is 4. The lowest BCUT2D eigenvalue weighted by atomic mass is 9.96. The Balaban J connectivity index is 1.27. The zero-order chi connectivity index (χ0) is 19.5. The van der Waals surface area contributed by atoms with Crippen molar-refractivity contribution >= 4 is 16.9 Å². The second-order valence-electron chi connectivity index (χ2n) is 7.16. The van der Waals surface area contributed by atoms with Crippen LogP contribution in [-0.4, -0.2) is 50.5 Å². The van der Waals surface area contributed by atoms with E-state index in [1.54, 1.807) is 0 Å². The predicted octanol–water partition coefficient (Wildman–Crippen LogP) is 0.958. The van der Waals surface area contributed by atoms with Crippen molar-refractivity contribution in [2.45, 2.75) is 19.4 Å². The van der Waals surface area contributed by atoms with Crippen LogP contribution in [0.25, 0.3) is 11.0 Å². The molecule has 0 saturated carbocycles. The van der Waals surface area contributed by atoms with E-state index in [4.69, 9.17) is 4.63 Å². The Hall–Kier alpha value is -3.07. The maximum absolute atomic E-state index is 12.2. The molecule has 2 aromatic heterocycles. The highest BCUT2D eigenvalue weighted by Gasteiger charge is 2.21. The smallest absolute Gasteiger partial charge is 0.271 e. The molecule has 1 N–H and O–H groups in total. The first-order valence-corrected chi connectivity index (χ1v) is 9.35. The number of benzene rings is 1. The Labute approximate surface area is 161 Å². The summed E-state index contributed by atoms with van der Waals surface area (Å²) in [6.45, 7) is 3.34. The zero-order valence-electron chi connectivity index (χ0n) is 15.7. The summed E-state index contributed by atoms with van der Waals surface area (Å²) in [6, 6.07) is 8.73. The zero-order valence-corrected chi connectivity index (χ0v) is 15.7. The number of rotatable bonds is 5. The third kappa shape index (κ3) is 3.94. The topological polar surface area (TPSA) is 106 Å². The minimum absolute atomic E-state index is 0.235. The number of nitrogens with one attached hydrogen (secondary N) is 1. The van der Waals surface area contributed by atoms with Gasteiger partial charge in [0, 0.05) is 26.2 Å². The van der Waals surface area contributed by atoms with Gasteiger partial charge in [-0.15, -0.1) is 0 Å². The average Bonchev–Trinajstić information content (AvgIpc) is 3.19. The molecule has 28 heavy (non-hydrogen) atoms. The average molecular weight is 382 g/mol. The maximum atomic E-state index is 12.2. The van der Waals surface area contributed by atoms with Crippen molar-refractivity contribution in [3.05, 3.63) is 51.9 Å². The second-order valence-corrected chi connectivity index (χ2v) is 7.16. The lowest BCUT2D eigenvalue weighted by Gasteiger charge is -2.32. The van der Waals surface area contributed by atoms with Crippen molar-refractivity contribution in [1.29, 1.82) is 0 Å². The number of fused-ring (bicyclic) bond motifs is 1. The van der Waals surface area contributed by atoms with E-state index in [9.17, 15) is 9.59 Å². The van der Waals surface area contributed by atoms with Crippen LogP contribution in [-0.2, 0) is 13.6 Å². The van der Waals surface area contributed by atoms with Gasteiger partial charge >= 0.3 is 0 Å². The molecule has 1 saturated heterocycles. The monoisotopic (exact) mass is 382 g/mol. The number of piperidine rings is 1. The standard InChI is InChI=1S/C19H22N6O3/c1-24-17(26)6-5-16(21-24)19(27)20-11-13-7-9-25(10-8-13)12-14-3-2-4-15-18(14)23-28-22-15/h2-6,13H,7-12H2,1H3,(H,20,27). The first-order chi connectivity index (χ1) is 13.6. The van der Waals surface area contributed by atoms with E-state index in [1.807, 2.05) is 12.1 Å². The van der Waals surface area contributed by atoms with Crippen LogP contribution in [0.4, 0.5) is 0 Å². The van der Waals surface area contributed by atoms with Crippen molar-refractivity contribution in [2.75, 3.05) is 19.6 Å². The summed E-state index contributed by atoms with van der Waals surface area (Å²) >= 11 is 0. The number of hydrogen-bond acceptors (Lipinski definition) is 7. The van der Waals surface area contributed by atoms with Crippen LogP contribution >= 0.6 is 0 Å². The molecule has 9 nitrogen and oxygen atoms in total.